The largest absolute Gasteiger partial charge is 0.494 e. The second-order valence-corrected chi connectivity index (χ2v) is 4.53. The van der Waals surface area contributed by atoms with Crippen LogP contribution in [0.2, 0.25) is 0 Å². The van der Waals surface area contributed by atoms with Gasteiger partial charge in [-0.15, -0.1) is 0 Å². The molecule has 0 atom stereocenters. The third-order valence-corrected chi connectivity index (χ3v) is 3.22. The fourth-order valence-corrected chi connectivity index (χ4v) is 2.10. The zero-order valence-corrected chi connectivity index (χ0v) is 12.8. The highest BCUT2D eigenvalue weighted by atomic mass is 16.5. The van der Waals surface area contributed by atoms with E-state index in [4.69, 9.17) is 4.74 Å². The number of hydrogen-bond donors (Lipinski definition) is 1. The van der Waals surface area contributed by atoms with E-state index in [1.165, 1.54) is 0 Å². The van der Waals surface area contributed by atoms with Gasteiger partial charge in [-0.2, -0.15) is 0 Å². The van der Waals surface area contributed by atoms with Crippen molar-refractivity contribution in [1.82, 2.24) is 10.2 Å². The SMILES string of the molecule is CCOc1ccccc1CNCCC(=O)N(CC)CC. The second-order valence-electron chi connectivity index (χ2n) is 4.53. The van der Waals surface area contributed by atoms with Gasteiger partial charge >= 0.3 is 0 Å². The topological polar surface area (TPSA) is 41.6 Å². The molecule has 4 heteroatoms. The standard InChI is InChI=1S/C16H26N2O2/c1-4-18(5-2)16(19)11-12-17-13-14-9-7-8-10-15(14)20-6-3/h7-10,17H,4-6,11-13H2,1-3H3. The lowest BCUT2D eigenvalue weighted by molar-refractivity contribution is -0.130. The van der Waals surface area contributed by atoms with Gasteiger partial charge < -0.3 is 15.0 Å². The molecule has 0 spiro atoms. The van der Waals surface area contributed by atoms with Crippen molar-refractivity contribution in [2.75, 3.05) is 26.2 Å². The summed E-state index contributed by atoms with van der Waals surface area (Å²) in [6.45, 7) is 9.63. The summed E-state index contributed by atoms with van der Waals surface area (Å²) in [5, 5.41) is 3.31. The average molecular weight is 278 g/mol. The minimum atomic E-state index is 0.209. The maximum Gasteiger partial charge on any atom is 0.223 e. The van der Waals surface area contributed by atoms with Crippen LogP contribution in [0.4, 0.5) is 0 Å². The molecule has 1 aromatic carbocycles. The zero-order valence-electron chi connectivity index (χ0n) is 12.8. The maximum atomic E-state index is 11.8. The summed E-state index contributed by atoms with van der Waals surface area (Å²) < 4.78 is 5.57. The van der Waals surface area contributed by atoms with Crippen LogP contribution in [-0.4, -0.2) is 37.0 Å². The highest BCUT2D eigenvalue weighted by Crippen LogP contribution is 2.17. The number of hydrogen-bond acceptors (Lipinski definition) is 3. The third kappa shape index (κ3) is 5.21. The van der Waals surface area contributed by atoms with Crippen LogP contribution in [0, 0.1) is 0 Å². The van der Waals surface area contributed by atoms with E-state index in [0.29, 0.717) is 19.6 Å². The summed E-state index contributed by atoms with van der Waals surface area (Å²) in [6, 6.07) is 7.99. The molecule has 0 saturated heterocycles. The highest BCUT2D eigenvalue weighted by molar-refractivity contribution is 5.76. The van der Waals surface area contributed by atoms with Gasteiger partial charge in [0, 0.05) is 38.2 Å². The lowest BCUT2D eigenvalue weighted by Crippen LogP contribution is -2.32. The van der Waals surface area contributed by atoms with E-state index in [1.54, 1.807) is 0 Å². The van der Waals surface area contributed by atoms with Crippen LogP contribution >= 0.6 is 0 Å². The first kappa shape index (κ1) is 16.5. The molecule has 0 aliphatic heterocycles. The summed E-state index contributed by atoms with van der Waals surface area (Å²) in [7, 11) is 0. The maximum absolute atomic E-state index is 11.8. The van der Waals surface area contributed by atoms with Gasteiger partial charge in [0.1, 0.15) is 5.75 Å². The monoisotopic (exact) mass is 278 g/mol. The molecule has 1 rings (SSSR count). The summed E-state index contributed by atoms with van der Waals surface area (Å²) in [4.78, 5) is 13.7. The Kier molecular flexibility index (Phi) is 7.73. The van der Waals surface area contributed by atoms with E-state index in [2.05, 4.69) is 5.32 Å². The minimum absolute atomic E-state index is 0.209. The Morgan fingerprint density at radius 3 is 2.55 bits per heavy atom. The van der Waals surface area contributed by atoms with E-state index < -0.39 is 0 Å². The first-order chi connectivity index (χ1) is 9.72. The molecule has 1 N–H and O–H groups in total. The van der Waals surface area contributed by atoms with Crippen molar-refractivity contribution in [3.8, 4) is 5.75 Å². The first-order valence-electron chi connectivity index (χ1n) is 7.42. The number of amides is 1. The van der Waals surface area contributed by atoms with Crippen molar-refractivity contribution < 1.29 is 9.53 Å². The normalized spacial score (nSPS) is 10.3. The Morgan fingerprint density at radius 2 is 1.90 bits per heavy atom. The molecule has 1 amide bonds. The average Bonchev–Trinajstić information content (AvgIpc) is 2.47. The van der Waals surface area contributed by atoms with Crippen LogP contribution in [0.1, 0.15) is 32.8 Å². The number of rotatable bonds is 9. The quantitative estimate of drug-likeness (QED) is 0.705. The van der Waals surface area contributed by atoms with Gasteiger partial charge in [-0.1, -0.05) is 18.2 Å². The van der Waals surface area contributed by atoms with Crippen LogP contribution in [0.3, 0.4) is 0 Å². The van der Waals surface area contributed by atoms with Gasteiger partial charge in [-0.25, -0.2) is 0 Å². The molecule has 4 nitrogen and oxygen atoms in total. The number of carbonyl (C=O) groups excluding carboxylic acids is 1. The second kappa shape index (κ2) is 9.37. The number of ether oxygens (including phenoxy) is 1. The van der Waals surface area contributed by atoms with Crippen LogP contribution in [0.25, 0.3) is 0 Å². The predicted octanol–water partition coefficient (Wildman–Crippen LogP) is 2.43. The molecule has 0 saturated carbocycles. The van der Waals surface area contributed by atoms with Crippen molar-refractivity contribution >= 4 is 5.91 Å². The van der Waals surface area contributed by atoms with Crippen molar-refractivity contribution in [2.45, 2.75) is 33.7 Å². The highest BCUT2D eigenvalue weighted by Gasteiger charge is 2.08. The van der Waals surface area contributed by atoms with Crippen LogP contribution in [0.15, 0.2) is 24.3 Å². The van der Waals surface area contributed by atoms with Crippen LogP contribution < -0.4 is 10.1 Å². The summed E-state index contributed by atoms with van der Waals surface area (Å²) >= 11 is 0. The lowest BCUT2D eigenvalue weighted by atomic mass is 10.2. The van der Waals surface area contributed by atoms with E-state index >= 15 is 0 Å². The molecule has 0 unspecified atom stereocenters. The third-order valence-electron chi connectivity index (χ3n) is 3.22. The van der Waals surface area contributed by atoms with Gasteiger partial charge in [0.15, 0.2) is 0 Å². The van der Waals surface area contributed by atoms with Crippen LogP contribution in [0.5, 0.6) is 5.75 Å². The Labute approximate surface area is 122 Å². The summed E-state index contributed by atoms with van der Waals surface area (Å²) in [6.07, 6.45) is 0.540. The van der Waals surface area contributed by atoms with Crippen molar-refractivity contribution in [3.63, 3.8) is 0 Å². The Balaban J connectivity index is 2.36. The Bertz CT molecular complexity index is 403. The molecular formula is C16H26N2O2. The molecule has 0 aromatic heterocycles. The predicted molar refractivity (Wildman–Crippen MR) is 81.9 cm³/mol. The van der Waals surface area contributed by atoms with Gasteiger partial charge in [0.2, 0.25) is 5.91 Å². The van der Waals surface area contributed by atoms with Gasteiger partial charge in [-0.3, -0.25) is 4.79 Å². The van der Waals surface area contributed by atoms with E-state index in [0.717, 1.165) is 30.9 Å². The van der Waals surface area contributed by atoms with Crippen LogP contribution in [-0.2, 0) is 11.3 Å². The summed E-state index contributed by atoms with van der Waals surface area (Å²) in [5.74, 6) is 1.12. The molecule has 0 aliphatic rings. The number of nitrogens with one attached hydrogen (secondary N) is 1. The van der Waals surface area contributed by atoms with E-state index in [9.17, 15) is 4.79 Å². The van der Waals surface area contributed by atoms with Crippen molar-refractivity contribution in [3.05, 3.63) is 29.8 Å². The molecule has 0 radical (unpaired) electrons. The number of benzene rings is 1. The van der Waals surface area contributed by atoms with E-state index in [1.807, 2.05) is 49.9 Å². The Morgan fingerprint density at radius 1 is 1.20 bits per heavy atom. The molecule has 1 aromatic rings. The van der Waals surface area contributed by atoms with E-state index in [-0.39, 0.29) is 5.91 Å². The summed E-state index contributed by atoms with van der Waals surface area (Å²) in [5.41, 5.74) is 1.13. The fourth-order valence-electron chi connectivity index (χ4n) is 2.10. The molecule has 112 valence electrons. The first-order valence-corrected chi connectivity index (χ1v) is 7.42. The Hall–Kier alpha value is -1.55. The van der Waals surface area contributed by atoms with Crippen molar-refractivity contribution in [1.29, 1.82) is 0 Å². The molecule has 20 heavy (non-hydrogen) atoms. The smallest absolute Gasteiger partial charge is 0.223 e. The van der Waals surface area contributed by atoms with Crippen molar-refractivity contribution in [2.24, 2.45) is 0 Å². The molecule has 0 aliphatic carbocycles. The molecular weight excluding hydrogens is 252 g/mol. The van der Waals surface area contributed by atoms with Gasteiger partial charge in [0.05, 0.1) is 6.61 Å². The zero-order chi connectivity index (χ0) is 14.8. The molecule has 0 bridgehead atoms. The minimum Gasteiger partial charge on any atom is -0.494 e. The van der Waals surface area contributed by atoms with Gasteiger partial charge in [0.25, 0.3) is 0 Å². The number of carbonyl (C=O) groups is 1. The van der Waals surface area contributed by atoms with Gasteiger partial charge in [-0.05, 0) is 26.8 Å². The number of nitrogens with zero attached hydrogens (tertiary/aromatic N) is 1. The fraction of sp³-hybridized carbons (Fsp3) is 0.562. The number of para-hydroxylation sites is 1. The molecule has 0 heterocycles. The molecule has 0 fully saturated rings. The lowest BCUT2D eigenvalue weighted by Gasteiger charge is -2.18.